The number of epoxide rings is 1. The van der Waals surface area contributed by atoms with Crippen molar-refractivity contribution in [2.45, 2.75) is 63.9 Å². The van der Waals surface area contributed by atoms with Crippen molar-refractivity contribution in [2.24, 2.45) is 5.92 Å². The van der Waals surface area contributed by atoms with E-state index in [2.05, 4.69) is 19.6 Å². The van der Waals surface area contributed by atoms with Gasteiger partial charge in [-0.3, -0.25) is 4.79 Å². The van der Waals surface area contributed by atoms with E-state index in [-0.39, 0.29) is 41.8 Å². The molecule has 0 aromatic carbocycles. The smallest absolute Gasteiger partial charge is 0.334 e. The van der Waals surface area contributed by atoms with Crippen LogP contribution in [0.1, 0.15) is 40.0 Å². The molecule has 2 fully saturated rings. The van der Waals surface area contributed by atoms with E-state index >= 15 is 0 Å². The summed E-state index contributed by atoms with van der Waals surface area (Å²) in [6.45, 7) is 9.28. The average molecular weight is 306 g/mol. The van der Waals surface area contributed by atoms with Crippen LogP contribution in [0.5, 0.6) is 0 Å². The van der Waals surface area contributed by atoms with Gasteiger partial charge in [-0.25, -0.2) is 4.79 Å². The van der Waals surface area contributed by atoms with Crippen LogP contribution in [0.2, 0.25) is 0 Å². The van der Waals surface area contributed by atoms with E-state index in [0.717, 1.165) is 18.4 Å². The fraction of sp³-hybridized carbons (Fsp3) is 0.647. The molecule has 2 aliphatic heterocycles. The highest BCUT2D eigenvalue weighted by Crippen LogP contribution is 2.50. The molecular weight excluding hydrogens is 284 g/mol. The zero-order valence-electron chi connectivity index (χ0n) is 13.3. The van der Waals surface area contributed by atoms with Crippen molar-refractivity contribution in [2.75, 3.05) is 0 Å². The molecule has 0 spiro atoms. The van der Waals surface area contributed by atoms with Crippen molar-refractivity contribution in [1.82, 2.24) is 0 Å². The fourth-order valence-electron chi connectivity index (χ4n) is 3.53. The van der Waals surface area contributed by atoms with Gasteiger partial charge in [0.25, 0.3) is 0 Å². The lowest BCUT2D eigenvalue weighted by Gasteiger charge is -2.25. The molecule has 5 heteroatoms. The van der Waals surface area contributed by atoms with Gasteiger partial charge in [0, 0.05) is 18.4 Å². The van der Waals surface area contributed by atoms with Gasteiger partial charge in [0.05, 0.1) is 5.60 Å². The summed E-state index contributed by atoms with van der Waals surface area (Å²) in [5.74, 6) is -0.866. The van der Waals surface area contributed by atoms with Gasteiger partial charge < -0.3 is 14.2 Å². The Hall–Kier alpha value is -1.62. The van der Waals surface area contributed by atoms with Gasteiger partial charge in [0.2, 0.25) is 0 Å². The highest BCUT2D eigenvalue weighted by atomic mass is 16.6. The largest absolute Gasteiger partial charge is 0.458 e. The molecule has 2 saturated heterocycles. The Morgan fingerprint density at radius 3 is 2.91 bits per heavy atom. The van der Waals surface area contributed by atoms with Crippen molar-refractivity contribution in [1.29, 1.82) is 0 Å². The third-order valence-corrected chi connectivity index (χ3v) is 4.98. The van der Waals surface area contributed by atoms with Gasteiger partial charge in [-0.2, -0.15) is 0 Å². The lowest BCUT2D eigenvalue weighted by atomic mass is 9.83. The van der Waals surface area contributed by atoms with Crippen LogP contribution >= 0.6 is 0 Å². The van der Waals surface area contributed by atoms with Crippen molar-refractivity contribution >= 4 is 11.9 Å². The van der Waals surface area contributed by atoms with Gasteiger partial charge in [-0.05, 0) is 38.7 Å². The van der Waals surface area contributed by atoms with Crippen LogP contribution in [0.25, 0.3) is 0 Å². The number of carbonyl (C=O) groups is 2. The van der Waals surface area contributed by atoms with E-state index in [1.807, 2.05) is 6.92 Å². The van der Waals surface area contributed by atoms with Crippen molar-refractivity contribution < 1.29 is 23.8 Å². The quantitative estimate of drug-likeness (QED) is 0.322. The summed E-state index contributed by atoms with van der Waals surface area (Å²) < 4.78 is 16.8. The lowest BCUT2D eigenvalue weighted by molar-refractivity contribution is -0.146. The van der Waals surface area contributed by atoms with Gasteiger partial charge in [0.15, 0.2) is 0 Å². The van der Waals surface area contributed by atoms with Crippen LogP contribution in [-0.2, 0) is 23.8 Å². The van der Waals surface area contributed by atoms with Gasteiger partial charge in [-0.15, -0.1) is 0 Å². The maximum Gasteiger partial charge on any atom is 0.334 e. The van der Waals surface area contributed by atoms with E-state index in [0.29, 0.717) is 12.0 Å². The summed E-state index contributed by atoms with van der Waals surface area (Å²) in [4.78, 5) is 23.3. The molecule has 0 bridgehead atoms. The maximum atomic E-state index is 11.9. The topological polar surface area (TPSA) is 65.1 Å². The van der Waals surface area contributed by atoms with Crippen molar-refractivity contribution in [3.8, 4) is 0 Å². The van der Waals surface area contributed by atoms with E-state index in [4.69, 9.17) is 14.2 Å². The lowest BCUT2D eigenvalue weighted by Crippen LogP contribution is -2.32. The number of allylic oxidation sites excluding steroid dienone is 1. The number of hydrogen-bond acceptors (Lipinski definition) is 5. The van der Waals surface area contributed by atoms with Crippen molar-refractivity contribution in [3.05, 3.63) is 23.8 Å². The van der Waals surface area contributed by atoms with Crippen LogP contribution < -0.4 is 0 Å². The Labute approximate surface area is 130 Å². The first-order chi connectivity index (χ1) is 10.3. The highest BCUT2D eigenvalue weighted by molar-refractivity contribution is 5.91. The van der Waals surface area contributed by atoms with Crippen LogP contribution in [0.4, 0.5) is 0 Å². The molecule has 0 N–H and O–H groups in total. The molecule has 0 aromatic rings. The van der Waals surface area contributed by atoms with E-state index in [1.54, 1.807) is 0 Å². The molecule has 22 heavy (non-hydrogen) atoms. The SMILES string of the molecule is C=C1C(=O)O[C@@H]2[C@H]3O[C@]3(C)CC/C=C(\C)[C@@H](OC(C)=O)C[C@@H]12. The Morgan fingerprint density at radius 1 is 1.50 bits per heavy atom. The summed E-state index contributed by atoms with van der Waals surface area (Å²) >= 11 is 0. The number of esters is 2. The summed E-state index contributed by atoms with van der Waals surface area (Å²) in [6, 6.07) is 0. The molecule has 0 aromatic heterocycles. The fourth-order valence-corrected chi connectivity index (χ4v) is 3.53. The van der Waals surface area contributed by atoms with Crippen LogP contribution in [-0.4, -0.2) is 35.9 Å². The Bertz CT molecular complexity index is 563. The third kappa shape index (κ3) is 2.58. The van der Waals surface area contributed by atoms with Gasteiger partial charge >= 0.3 is 11.9 Å². The third-order valence-electron chi connectivity index (χ3n) is 4.98. The monoisotopic (exact) mass is 306 g/mol. The molecular formula is C17H22O5. The second-order valence-corrected chi connectivity index (χ2v) is 6.67. The normalized spacial score (nSPS) is 43.3. The van der Waals surface area contributed by atoms with Gasteiger partial charge in [-0.1, -0.05) is 12.7 Å². The number of ether oxygens (including phenoxy) is 3. The van der Waals surface area contributed by atoms with Crippen molar-refractivity contribution in [3.63, 3.8) is 0 Å². The van der Waals surface area contributed by atoms with E-state index in [1.165, 1.54) is 6.92 Å². The van der Waals surface area contributed by atoms with E-state index < -0.39 is 0 Å². The number of hydrogen-bond donors (Lipinski definition) is 0. The Kier molecular flexibility index (Phi) is 3.63. The minimum atomic E-state index is -0.365. The van der Waals surface area contributed by atoms with Gasteiger partial charge in [0.1, 0.15) is 18.3 Å². The first-order valence-electron chi connectivity index (χ1n) is 7.73. The molecule has 5 atom stereocenters. The average Bonchev–Trinajstić information content (AvgIpc) is 3.02. The molecule has 1 aliphatic carbocycles. The number of carbonyl (C=O) groups excluding carboxylic acids is 2. The standard InChI is InChI=1S/C17H22O5/c1-9-6-5-7-17(4)15(22-17)14-12(10(2)16(19)21-14)8-13(9)20-11(3)18/h6,12-15H,2,5,7-8H2,1,3-4H3/b9-6+/t12-,13-,14-,15+,17+/m0/s1. The first kappa shape index (κ1) is 15.3. The minimum Gasteiger partial charge on any atom is -0.458 e. The molecule has 0 amide bonds. The Morgan fingerprint density at radius 2 is 2.23 bits per heavy atom. The predicted octanol–water partition coefficient (Wildman–Crippen LogP) is 2.30. The molecule has 5 nitrogen and oxygen atoms in total. The molecule has 2 heterocycles. The summed E-state index contributed by atoms with van der Waals surface area (Å²) in [7, 11) is 0. The zero-order chi connectivity index (χ0) is 16.1. The first-order valence-corrected chi connectivity index (χ1v) is 7.73. The molecule has 3 aliphatic rings. The molecule has 0 saturated carbocycles. The summed E-state index contributed by atoms with van der Waals surface area (Å²) in [6.07, 6.45) is 3.54. The second-order valence-electron chi connectivity index (χ2n) is 6.67. The summed E-state index contributed by atoms with van der Waals surface area (Å²) in [5.41, 5.74) is 1.22. The van der Waals surface area contributed by atoms with Crippen LogP contribution in [0.3, 0.4) is 0 Å². The van der Waals surface area contributed by atoms with Crippen LogP contribution in [0.15, 0.2) is 23.8 Å². The van der Waals surface area contributed by atoms with E-state index in [9.17, 15) is 9.59 Å². The Balaban J connectivity index is 1.91. The maximum absolute atomic E-state index is 11.9. The number of fused-ring (bicyclic) bond motifs is 3. The minimum absolute atomic E-state index is 0.0921. The molecule has 0 unspecified atom stereocenters. The zero-order valence-corrected chi connectivity index (χ0v) is 13.3. The number of rotatable bonds is 1. The van der Waals surface area contributed by atoms with Crippen LogP contribution in [0, 0.1) is 5.92 Å². The molecule has 120 valence electrons. The second kappa shape index (κ2) is 5.23. The molecule has 0 radical (unpaired) electrons. The summed E-state index contributed by atoms with van der Waals surface area (Å²) in [5, 5.41) is 0. The predicted molar refractivity (Wildman–Crippen MR) is 79.0 cm³/mol. The highest BCUT2D eigenvalue weighted by Gasteiger charge is 2.61. The molecule has 3 rings (SSSR count).